The van der Waals surface area contributed by atoms with Gasteiger partial charge in [-0.1, -0.05) is 13.8 Å². The van der Waals surface area contributed by atoms with E-state index >= 15 is 0 Å². The molecule has 2 N–H and O–H groups in total. The fourth-order valence-electron chi connectivity index (χ4n) is 2.31. The maximum absolute atomic E-state index is 12.3. The maximum atomic E-state index is 12.3. The molecule has 0 bridgehead atoms. The zero-order chi connectivity index (χ0) is 12.0. The number of carbonyl (C=O) groups is 1. The van der Waals surface area contributed by atoms with Gasteiger partial charge in [0.05, 0.1) is 12.5 Å². The van der Waals surface area contributed by atoms with Gasteiger partial charge in [0.25, 0.3) is 0 Å². The summed E-state index contributed by atoms with van der Waals surface area (Å²) in [5, 5.41) is 0. The van der Waals surface area contributed by atoms with Crippen LogP contribution in [0.1, 0.15) is 33.1 Å². The van der Waals surface area contributed by atoms with Crippen molar-refractivity contribution >= 4 is 5.91 Å². The monoisotopic (exact) mass is 228 g/mol. The summed E-state index contributed by atoms with van der Waals surface area (Å²) in [7, 11) is 0. The summed E-state index contributed by atoms with van der Waals surface area (Å²) in [5.74, 6) is 0.295. The number of nitrogens with zero attached hydrogens (tertiary/aromatic N) is 1. The van der Waals surface area contributed by atoms with Gasteiger partial charge in [0.1, 0.15) is 0 Å². The van der Waals surface area contributed by atoms with Crippen molar-refractivity contribution in [2.75, 3.05) is 26.3 Å². The van der Waals surface area contributed by atoms with Crippen LogP contribution >= 0.6 is 0 Å². The van der Waals surface area contributed by atoms with E-state index < -0.39 is 0 Å². The lowest BCUT2D eigenvalue weighted by atomic mass is 10.0. The van der Waals surface area contributed by atoms with Crippen LogP contribution in [0.15, 0.2) is 0 Å². The molecule has 94 valence electrons. The van der Waals surface area contributed by atoms with E-state index in [-0.39, 0.29) is 11.8 Å². The summed E-state index contributed by atoms with van der Waals surface area (Å²) >= 11 is 0. The molecule has 0 spiro atoms. The Hall–Kier alpha value is -0.610. The molecule has 1 aliphatic heterocycles. The highest BCUT2D eigenvalue weighted by Crippen LogP contribution is 2.19. The first-order valence-corrected chi connectivity index (χ1v) is 6.32. The Morgan fingerprint density at radius 2 is 2.19 bits per heavy atom. The third-order valence-corrected chi connectivity index (χ3v) is 3.32. The molecule has 0 aliphatic carbocycles. The highest BCUT2D eigenvalue weighted by molar-refractivity contribution is 5.79. The second-order valence-corrected chi connectivity index (χ2v) is 4.35. The first-order valence-electron chi connectivity index (χ1n) is 6.32. The van der Waals surface area contributed by atoms with E-state index in [0.717, 1.165) is 25.9 Å². The van der Waals surface area contributed by atoms with Crippen molar-refractivity contribution in [1.82, 2.24) is 4.90 Å². The predicted molar refractivity (Wildman–Crippen MR) is 64.1 cm³/mol. The van der Waals surface area contributed by atoms with E-state index in [0.29, 0.717) is 25.7 Å². The van der Waals surface area contributed by atoms with E-state index in [2.05, 4.69) is 13.8 Å². The molecule has 0 aromatic carbocycles. The number of hydrogen-bond donors (Lipinski definition) is 1. The number of ether oxygens (including phenoxy) is 1. The average Bonchev–Trinajstić information content (AvgIpc) is 2.82. The molecular formula is C12H24N2O2. The summed E-state index contributed by atoms with van der Waals surface area (Å²) in [5.41, 5.74) is 5.59. The topological polar surface area (TPSA) is 55.6 Å². The summed E-state index contributed by atoms with van der Waals surface area (Å²) < 4.78 is 5.27. The van der Waals surface area contributed by atoms with Crippen molar-refractivity contribution in [3.8, 4) is 0 Å². The van der Waals surface area contributed by atoms with Crippen LogP contribution in [0.3, 0.4) is 0 Å². The predicted octanol–water partition coefficient (Wildman–Crippen LogP) is 0.999. The summed E-state index contributed by atoms with van der Waals surface area (Å²) in [6.45, 7) is 6.75. The SMILES string of the molecule is CCC(CC)N(CCN)C(=O)C1CCOC1. The molecule has 1 unspecified atom stereocenters. The van der Waals surface area contributed by atoms with Gasteiger partial charge in [-0.05, 0) is 19.3 Å². The summed E-state index contributed by atoms with van der Waals surface area (Å²) in [6, 6.07) is 0.330. The van der Waals surface area contributed by atoms with Crippen LogP contribution in [0.2, 0.25) is 0 Å². The number of amides is 1. The van der Waals surface area contributed by atoms with Crippen molar-refractivity contribution < 1.29 is 9.53 Å². The van der Waals surface area contributed by atoms with Crippen LogP contribution in [0.25, 0.3) is 0 Å². The van der Waals surface area contributed by atoms with E-state index in [1.807, 2.05) is 4.90 Å². The normalized spacial score (nSPS) is 20.4. The minimum absolute atomic E-state index is 0.0622. The van der Waals surface area contributed by atoms with Crippen LogP contribution in [0.4, 0.5) is 0 Å². The molecule has 1 aliphatic rings. The van der Waals surface area contributed by atoms with Crippen LogP contribution in [0.5, 0.6) is 0 Å². The molecule has 4 nitrogen and oxygen atoms in total. The first kappa shape index (κ1) is 13.5. The maximum Gasteiger partial charge on any atom is 0.228 e. The lowest BCUT2D eigenvalue weighted by molar-refractivity contribution is -0.138. The molecule has 16 heavy (non-hydrogen) atoms. The standard InChI is InChI=1S/C12H24N2O2/c1-3-11(4-2)14(7-6-13)12(15)10-5-8-16-9-10/h10-11H,3-9,13H2,1-2H3. The van der Waals surface area contributed by atoms with Gasteiger partial charge >= 0.3 is 0 Å². The lowest BCUT2D eigenvalue weighted by Crippen LogP contribution is -2.45. The van der Waals surface area contributed by atoms with Crippen LogP contribution in [-0.4, -0.2) is 43.2 Å². The van der Waals surface area contributed by atoms with Gasteiger partial charge in [-0.3, -0.25) is 4.79 Å². The highest BCUT2D eigenvalue weighted by atomic mass is 16.5. The largest absolute Gasteiger partial charge is 0.381 e. The highest BCUT2D eigenvalue weighted by Gasteiger charge is 2.30. The zero-order valence-electron chi connectivity index (χ0n) is 10.4. The van der Waals surface area contributed by atoms with Gasteiger partial charge in [-0.25, -0.2) is 0 Å². The molecule has 1 rings (SSSR count). The second-order valence-electron chi connectivity index (χ2n) is 4.35. The first-order chi connectivity index (χ1) is 7.74. The van der Waals surface area contributed by atoms with E-state index in [4.69, 9.17) is 10.5 Å². The minimum Gasteiger partial charge on any atom is -0.381 e. The minimum atomic E-state index is 0.0622. The van der Waals surface area contributed by atoms with E-state index in [1.165, 1.54) is 0 Å². The molecule has 0 saturated carbocycles. The number of hydrogen-bond acceptors (Lipinski definition) is 3. The van der Waals surface area contributed by atoms with Crippen LogP contribution in [-0.2, 0) is 9.53 Å². The molecule has 1 saturated heterocycles. The molecule has 1 fully saturated rings. The molecule has 1 amide bonds. The van der Waals surface area contributed by atoms with Gasteiger partial charge in [0.2, 0.25) is 5.91 Å². The van der Waals surface area contributed by atoms with Crippen LogP contribution < -0.4 is 5.73 Å². The zero-order valence-corrected chi connectivity index (χ0v) is 10.4. The van der Waals surface area contributed by atoms with Gasteiger partial charge in [-0.15, -0.1) is 0 Å². The third-order valence-electron chi connectivity index (χ3n) is 3.32. The van der Waals surface area contributed by atoms with Gasteiger partial charge < -0.3 is 15.4 Å². The van der Waals surface area contributed by atoms with E-state index in [9.17, 15) is 4.79 Å². The Balaban J connectivity index is 2.63. The Kier molecular flexibility index (Phi) is 5.77. The summed E-state index contributed by atoms with van der Waals surface area (Å²) in [6.07, 6.45) is 2.85. The third kappa shape index (κ3) is 3.19. The molecule has 0 radical (unpaired) electrons. The van der Waals surface area contributed by atoms with Crippen molar-refractivity contribution in [1.29, 1.82) is 0 Å². The van der Waals surface area contributed by atoms with Gasteiger partial charge in [0.15, 0.2) is 0 Å². The number of rotatable bonds is 6. The summed E-state index contributed by atoms with van der Waals surface area (Å²) in [4.78, 5) is 14.2. The Labute approximate surface area is 98.1 Å². The van der Waals surface area contributed by atoms with Crippen molar-refractivity contribution in [2.45, 2.75) is 39.2 Å². The fraction of sp³-hybridized carbons (Fsp3) is 0.917. The molecule has 0 aromatic rings. The van der Waals surface area contributed by atoms with Gasteiger partial charge in [-0.2, -0.15) is 0 Å². The molecule has 0 aromatic heterocycles. The van der Waals surface area contributed by atoms with Crippen molar-refractivity contribution in [3.63, 3.8) is 0 Å². The van der Waals surface area contributed by atoms with E-state index in [1.54, 1.807) is 0 Å². The van der Waals surface area contributed by atoms with Crippen molar-refractivity contribution in [3.05, 3.63) is 0 Å². The molecular weight excluding hydrogens is 204 g/mol. The Morgan fingerprint density at radius 1 is 1.50 bits per heavy atom. The fourth-order valence-corrected chi connectivity index (χ4v) is 2.31. The smallest absolute Gasteiger partial charge is 0.228 e. The second kappa shape index (κ2) is 6.86. The number of nitrogens with two attached hydrogens (primary N) is 1. The average molecular weight is 228 g/mol. The number of carbonyl (C=O) groups excluding carboxylic acids is 1. The van der Waals surface area contributed by atoms with Crippen molar-refractivity contribution in [2.24, 2.45) is 11.7 Å². The quantitative estimate of drug-likeness (QED) is 0.738. The van der Waals surface area contributed by atoms with Crippen LogP contribution in [0, 0.1) is 5.92 Å². The molecule has 4 heteroatoms. The van der Waals surface area contributed by atoms with Gasteiger partial charge in [0, 0.05) is 25.7 Å². The molecule has 1 atom stereocenters. The Bertz CT molecular complexity index is 211. The Morgan fingerprint density at radius 3 is 2.62 bits per heavy atom. The lowest BCUT2D eigenvalue weighted by Gasteiger charge is -2.32. The molecule has 1 heterocycles.